The van der Waals surface area contributed by atoms with E-state index in [0.29, 0.717) is 10.7 Å². The molecule has 0 bridgehead atoms. The second-order valence-corrected chi connectivity index (χ2v) is 6.90. The molecule has 2 heteroatoms. The van der Waals surface area contributed by atoms with Gasteiger partial charge in [0.2, 0.25) is 0 Å². The summed E-state index contributed by atoms with van der Waals surface area (Å²) in [5, 5.41) is 0. The molecule has 1 fully saturated rings. The van der Waals surface area contributed by atoms with Crippen molar-refractivity contribution in [3.8, 4) is 0 Å². The third kappa shape index (κ3) is 1.66. The molecule has 0 radical (unpaired) electrons. The topological polar surface area (TPSA) is 0 Å². The fourth-order valence-electron chi connectivity index (χ4n) is 1.55. The van der Waals surface area contributed by atoms with E-state index >= 15 is 0 Å². The van der Waals surface area contributed by atoms with Gasteiger partial charge in [-0.25, -0.2) is 0 Å². The van der Waals surface area contributed by atoms with Gasteiger partial charge in [-0.3, -0.25) is 0 Å². The molecule has 1 saturated heterocycles. The first-order valence-corrected chi connectivity index (χ1v) is 6.66. The average molecular weight is 212 g/mol. The van der Waals surface area contributed by atoms with E-state index in [4.69, 9.17) is 0 Å². The van der Waals surface area contributed by atoms with Gasteiger partial charge in [0.05, 0.1) is 0 Å². The molecule has 13 heavy (non-hydrogen) atoms. The number of thiophene rings is 1. The lowest BCUT2D eigenvalue weighted by molar-refractivity contribution is 0.638. The lowest BCUT2D eigenvalue weighted by Crippen LogP contribution is -2.26. The normalized spacial score (nSPS) is 27.7. The summed E-state index contributed by atoms with van der Waals surface area (Å²) >= 11 is 4.10. The summed E-state index contributed by atoms with van der Waals surface area (Å²) in [5.41, 5.74) is 0. The highest BCUT2D eigenvalue weighted by Crippen LogP contribution is 2.51. The van der Waals surface area contributed by atoms with Gasteiger partial charge in [-0.05, 0) is 37.1 Å². The van der Waals surface area contributed by atoms with E-state index in [9.17, 15) is 0 Å². The van der Waals surface area contributed by atoms with Gasteiger partial charge in [0, 0.05) is 14.5 Å². The highest BCUT2D eigenvalue weighted by molar-refractivity contribution is 8.01. The zero-order valence-corrected chi connectivity index (χ0v) is 10.1. The molecule has 0 aliphatic carbocycles. The Bertz CT molecular complexity index is 295. The molecular weight excluding hydrogens is 196 g/mol. The van der Waals surface area contributed by atoms with E-state index < -0.39 is 0 Å². The molecule has 0 spiro atoms. The van der Waals surface area contributed by atoms with Crippen LogP contribution >= 0.6 is 23.1 Å². The molecule has 2 rings (SSSR count). The summed E-state index contributed by atoms with van der Waals surface area (Å²) in [6.45, 7) is 6.91. The van der Waals surface area contributed by atoms with Gasteiger partial charge in [0.15, 0.2) is 0 Å². The van der Waals surface area contributed by atoms with Crippen LogP contribution in [-0.4, -0.2) is 5.75 Å². The SMILES string of the molecule is CC(C)c1ccc(C2(C)CCS2)s1. The standard InChI is InChI=1S/C11H16S2/c1-8(2)9-4-5-10(13-9)11(3)6-7-12-11/h4-5,8H,6-7H2,1-3H3. The van der Waals surface area contributed by atoms with Gasteiger partial charge >= 0.3 is 0 Å². The van der Waals surface area contributed by atoms with Gasteiger partial charge in [0.1, 0.15) is 0 Å². The van der Waals surface area contributed by atoms with Crippen LogP contribution in [0.3, 0.4) is 0 Å². The summed E-state index contributed by atoms with van der Waals surface area (Å²) in [4.78, 5) is 3.11. The molecule has 1 aromatic heterocycles. The van der Waals surface area contributed by atoms with Crippen LogP contribution < -0.4 is 0 Å². The first-order chi connectivity index (χ1) is 6.12. The van der Waals surface area contributed by atoms with Gasteiger partial charge in [-0.15, -0.1) is 23.1 Å². The molecule has 0 N–H and O–H groups in total. The molecule has 2 heterocycles. The third-order valence-corrected chi connectivity index (χ3v) is 5.97. The minimum atomic E-state index is 0.456. The van der Waals surface area contributed by atoms with Crippen molar-refractivity contribution in [1.29, 1.82) is 0 Å². The van der Waals surface area contributed by atoms with Crippen LogP contribution in [0.15, 0.2) is 12.1 Å². The summed E-state index contributed by atoms with van der Waals surface area (Å²) in [6, 6.07) is 4.63. The van der Waals surface area contributed by atoms with Crippen molar-refractivity contribution in [3.05, 3.63) is 21.9 Å². The van der Waals surface area contributed by atoms with Crippen molar-refractivity contribution < 1.29 is 0 Å². The van der Waals surface area contributed by atoms with Crippen LogP contribution in [0.5, 0.6) is 0 Å². The molecule has 0 nitrogen and oxygen atoms in total. The first kappa shape index (κ1) is 9.60. The highest BCUT2D eigenvalue weighted by Gasteiger charge is 2.35. The van der Waals surface area contributed by atoms with Gasteiger partial charge in [-0.1, -0.05) is 13.8 Å². The second-order valence-electron chi connectivity index (χ2n) is 4.19. The first-order valence-electron chi connectivity index (χ1n) is 4.86. The smallest absolute Gasteiger partial charge is 0.0481 e. The van der Waals surface area contributed by atoms with Crippen LogP contribution in [0.4, 0.5) is 0 Å². The molecule has 72 valence electrons. The highest BCUT2D eigenvalue weighted by atomic mass is 32.2. The molecule has 1 atom stereocenters. The predicted molar refractivity (Wildman–Crippen MR) is 62.8 cm³/mol. The molecule has 0 amide bonds. The molecule has 1 aromatic rings. The van der Waals surface area contributed by atoms with Crippen molar-refractivity contribution in [2.45, 2.75) is 37.9 Å². The van der Waals surface area contributed by atoms with Crippen LogP contribution in [0.2, 0.25) is 0 Å². The van der Waals surface area contributed by atoms with Crippen molar-refractivity contribution >= 4 is 23.1 Å². The van der Waals surface area contributed by atoms with Crippen molar-refractivity contribution in [1.82, 2.24) is 0 Å². The summed E-state index contributed by atoms with van der Waals surface area (Å²) in [5.74, 6) is 2.03. The largest absolute Gasteiger partial charge is 0.150 e. The lowest BCUT2D eigenvalue weighted by atomic mass is 10.1. The fourth-order valence-corrected chi connectivity index (χ4v) is 3.96. The van der Waals surface area contributed by atoms with Gasteiger partial charge in [-0.2, -0.15) is 0 Å². The molecule has 1 aliphatic rings. The van der Waals surface area contributed by atoms with E-state index in [1.165, 1.54) is 17.1 Å². The Hall–Kier alpha value is 0.0500. The minimum absolute atomic E-state index is 0.456. The van der Waals surface area contributed by atoms with Crippen molar-refractivity contribution in [2.24, 2.45) is 0 Å². The Labute approximate surface area is 88.7 Å². The van der Waals surface area contributed by atoms with Crippen molar-refractivity contribution in [2.75, 3.05) is 5.75 Å². The molecule has 0 aromatic carbocycles. The number of thioether (sulfide) groups is 1. The fraction of sp³-hybridized carbons (Fsp3) is 0.636. The maximum absolute atomic E-state index is 2.37. The molecule has 1 aliphatic heterocycles. The summed E-state index contributed by atoms with van der Waals surface area (Å²) in [7, 11) is 0. The van der Waals surface area contributed by atoms with E-state index in [1.807, 2.05) is 11.3 Å². The van der Waals surface area contributed by atoms with E-state index in [0.717, 1.165) is 0 Å². The Morgan fingerprint density at radius 2 is 2.08 bits per heavy atom. The Kier molecular flexibility index (Phi) is 2.45. The van der Waals surface area contributed by atoms with Crippen molar-refractivity contribution in [3.63, 3.8) is 0 Å². The maximum Gasteiger partial charge on any atom is 0.0481 e. The van der Waals surface area contributed by atoms with Crippen LogP contribution in [0.25, 0.3) is 0 Å². The molecule has 1 unspecified atom stereocenters. The lowest BCUT2D eigenvalue weighted by Gasteiger charge is -2.36. The van der Waals surface area contributed by atoms with E-state index in [-0.39, 0.29) is 0 Å². The van der Waals surface area contributed by atoms with Gasteiger partial charge in [0.25, 0.3) is 0 Å². The maximum atomic E-state index is 2.37. The van der Waals surface area contributed by atoms with E-state index in [2.05, 4.69) is 44.7 Å². The average Bonchev–Trinajstić information content (AvgIpc) is 2.48. The minimum Gasteiger partial charge on any atom is -0.150 e. The second kappa shape index (κ2) is 3.32. The summed E-state index contributed by atoms with van der Waals surface area (Å²) in [6.07, 6.45) is 1.36. The third-order valence-electron chi connectivity index (χ3n) is 2.72. The van der Waals surface area contributed by atoms with Crippen LogP contribution in [-0.2, 0) is 4.75 Å². The number of hydrogen-bond acceptors (Lipinski definition) is 2. The molecule has 0 saturated carbocycles. The van der Waals surface area contributed by atoms with Crippen LogP contribution in [0.1, 0.15) is 42.9 Å². The molecular formula is C11H16S2. The number of hydrogen-bond donors (Lipinski definition) is 0. The predicted octanol–water partition coefficient (Wildman–Crippen LogP) is 4.22. The van der Waals surface area contributed by atoms with Crippen LogP contribution in [0, 0.1) is 0 Å². The quantitative estimate of drug-likeness (QED) is 0.707. The Morgan fingerprint density at radius 3 is 2.46 bits per heavy atom. The zero-order valence-electron chi connectivity index (χ0n) is 8.46. The number of rotatable bonds is 2. The van der Waals surface area contributed by atoms with E-state index in [1.54, 1.807) is 4.88 Å². The zero-order chi connectivity index (χ0) is 9.47. The van der Waals surface area contributed by atoms with Gasteiger partial charge < -0.3 is 0 Å². The Balaban J connectivity index is 2.22. The monoisotopic (exact) mass is 212 g/mol. The summed E-state index contributed by atoms with van der Waals surface area (Å²) < 4.78 is 0.456. The Morgan fingerprint density at radius 1 is 1.38 bits per heavy atom.